The number of carbonyl (C=O) groups is 2. The Bertz CT molecular complexity index is 417. The highest BCUT2D eigenvalue weighted by atomic mass is 32.2. The van der Waals surface area contributed by atoms with Crippen molar-refractivity contribution < 1.29 is 27.9 Å². The van der Waals surface area contributed by atoms with Crippen LogP contribution in [0.2, 0.25) is 0 Å². The van der Waals surface area contributed by atoms with E-state index in [9.17, 15) is 18.0 Å². The third kappa shape index (κ3) is 2.58. The molecule has 1 aliphatic heterocycles. The fourth-order valence-corrected chi connectivity index (χ4v) is 3.46. The normalized spacial score (nSPS) is 23.3. The first-order valence-electron chi connectivity index (χ1n) is 5.13. The van der Waals surface area contributed by atoms with Gasteiger partial charge in [-0.1, -0.05) is 0 Å². The molecule has 0 amide bonds. The molecule has 0 spiro atoms. The van der Waals surface area contributed by atoms with Gasteiger partial charge in [-0.3, -0.25) is 9.59 Å². The Hall–Kier alpha value is -1.15. The van der Waals surface area contributed by atoms with Crippen LogP contribution in [-0.4, -0.2) is 54.7 Å². The summed E-state index contributed by atoms with van der Waals surface area (Å²) in [6.07, 6.45) is 0.743. The molecule has 0 saturated carbocycles. The summed E-state index contributed by atoms with van der Waals surface area (Å²) in [5.41, 5.74) is 0. The van der Waals surface area contributed by atoms with Crippen LogP contribution in [0.25, 0.3) is 0 Å². The molecule has 0 aromatic heterocycles. The van der Waals surface area contributed by atoms with Crippen LogP contribution in [0.5, 0.6) is 0 Å². The van der Waals surface area contributed by atoms with E-state index in [1.807, 2.05) is 0 Å². The molecular weight excluding hydrogens is 250 g/mol. The lowest BCUT2D eigenvalue weighted by Gasteiger charge is -2.23. The molecular formula is C9H15NO6S. The van der Waals surface area contributed by atoms with Crippen LogP contribution >= 0.6 is 0 Å². The van der Waals surface area contributed by atoms with E-state index in [2.05, 4.69) is 4.74 Å². The molecule has 0 bridgehead atoms. The number of ether oxygens (including phenoxy) is 1. The monoisotopic (exact) mass is 265 g/mol. The van der Waals surface area contributed by atoms with E-state index in [1.165, 1.54) is 6.92 Å². The van der Waals surface area contributed by atoms with Crippen molar-refractivity contribution in [2.75, 3.05) is 13.7 Å². The van der Waals surface area contributed by atoms with Crippen molar-refractivity contribution in [3.05, 3.63) is 0 Å². The van der Waals surface area contributed by atoms with E-state index in [0.717, 1.165) is 11.4 Å². The molecule has 0 aromatic carbocycles. The van der Waals surface area contributed by atoms with Crippen LogP contribution in [0.3, 0.4) is 0 Å². The number of carboxylic acids is 1. The lowest BCUT2D eigenvalue weighted by Crippen LogP contribution is -2.46. The number of carboxylic acid groups (broad SMARTS) is 1. The molecule has 1 saturated heterocycles. The van der Waals surface area contributed by atoms with Crippen LogP contribution < -0.4 is 0 Å². The van der Waals surface area contributed by atoms with E-state index >= 15 is 0 Å². The molecule has 7 nitrogen and oxygen atoms in total. The summed E-state index contributed by atoms with van der Waals surface area (Å²) in [7, 11) is -2.88. The van der Waals surface area contributed by atoms with Crippen LogP contribution in [0.15, 0.2) is 0 Å². The summed E-state index contributed by atoms with van der Waals surface area (Å²) in [6, 6.07) is -1.08. The molecule has 17 heavy (non-hydrogen) atoms. The number of nitrogens with zero attached hydrogens (tertiary/aromatic N) is 1. The predicted molar refractivity (Wildman–Crippen MR) is 57.8 cm³/mol. The van der Waals surface area contributed by atoms with Crippen molar-refractivity contribution in [2.45, 2.75) is 31.1 Å². The number of rotatable bonds is 4. The number of aliphatic carboxylic acids is 1. The van der Waals surface area contributed by atoms with Crippen LogP contribution in [0.1, 0.15) is 19.8 Å². The molecule has 1 fully saturated rings. The SMILES string of the molecule is COC(=O)C(C)S(=O)(=O)N1CCC[C@H]1C(=O)O. The van der Waals surface area contributed by atoms with E-state index in [4.69, 9.17) is 5.11 Å². The van der Waals surface area contributed by atoms with Crippen LogP contribution in [0.4, 0.5) is 0 Å². The first-order valence-corrected chi connectivity index (χ1v) is 6.64. The van der Waals surface area contributed by atoms with Crippen molar-refractivity contribution in [1.29, 1.82) is 0 Å². The van der Waals surface area contributed by atoms with Gasteiger partial charge in [-0.15, -0.1) is 0 Å². The molecule has 1 rings (SSSR count). The molecule has 98 valence electrons. The van der Waals surface area contributed by atoms with Gasteiger partial charge in [0.25, 0.3) is 0 Å². The van der Waals surface area contributed by atoms with Gasteiger partial charge in [0.2, 0.25) is 10.0 Å². The smallest absolute Gasteiger partial charge is 0.325 e. The molecule has 1 heterocycles. The fraction of sp³-hybridized carbons (Fsp3) is 0.778. The highest BCUT2D eigenvalue weighted by Gasteiger charge is 2.43. The minimum absolute atomic E-state index is 0.126. The summed E-state index contributed by atoms with van der Waals surface area (Å²) in [6.45, 7) is 1.32. The quantitative estimate of drug-likeness (QED) is 0.683. The summed E-state index contributed by atoms with van der Waals surface area (Å²) in [5.74, 6) is -2.08. The zero-order valence-electron chi connectivity index (χ0n) is 9.62. The molecule has 0 radical (unpaired) electrons. The van der Waals surface area contributed by atoms with Crippen molar-refractivity contribution in [1.82, 2.24) is 4.31 Å². The number of hydrogen-bond acceptors (Lipinski definition) is 5. The first-order chi connectivity index (χ1) is 7.82. The number of sulfonamides is 1. The second-order valence-corrected chi connectivity index (χ2v) is 6.02. The summed E-state index contributed by atoms with van der Waals surface area (Å²) >= 11 is 0. The molecule has 1 unspecified atom stereocenters. The highest BCUT2D eigenvalue weighted by Crippen LogP contribution is 2.24. The van der Waals surface area contributed by atoms with Crippen molar-refractivity contribution >= 4 is 22.0 Å². The highest BCUT2D eigenvalue weighted by molar-refractivity contribution is 7.90. The second-order valence-electron chi connectivity index (χ2n) is 3.82. The Morgan fingerprint density at radius 2 is 2.06 bits per heavy atom. The average molecular weight is 265 g/mol. The largest absolute Gasteiger partial charge is 0.480 e. The fourth-order valence-electron chi connectivity index (χ4n) is 1.78. The maximum absolute atomic E-state index is 12.0. The van der Waals surface area contributed by atoms with Crippen LogP contribution in [0, 0.1) is 0 Å². The topological polar surface area (TPSA) is 101 Å². The Morgan fingerprint density at radius 3 is 2.53 bits per heavy atom. The van der Waals surface area contributed by atoms with Gasteiger partial charge in [-0.2, -0.15) is 4.31 Å². The van der Waals surface area contributed by atoms with Gasteiger partial charge in [0, 0.05) is 6.54 Å². The lowest BCUT2D eigenvalue weighted by atomic mass is 10.2. The number of carbonyl (C=O) groups excluding carboxylic acids is 1. The zero-order chi connectivity index (χ0) is 13.2. The van der Waals surface area contributed by atoms with Crippen LogP contribution in [-0.2, 0) is 24.3 Å². The Balaban J connectivity index is 2.98. The standard InChI is InChI=1S/C9H15NO6S/c1-6(9(13)16-2)17(14,15)10-5-3-4-7(10)8(11)12/h6-7H,3-5H2,1-2H3,(H,11,12)/t6?,7-/m0/s1. The van der Waals surface area contributed by atoms with E-state index < -0.39 is 33.3 Å². The Labute approximate surface area is 99.4 Å². The third-order valence-corrected chi connectivity index (χ3v) is 4.97. The molecule has 0 aliphatic carbocycles. The number of hydrogen-bond donors (Lipinski definition) is 1. The number of methoxy groups -OCH3 is 1. The van der Waals surface area contributed by atoms with Gasteiger partial charge in [0.15, 0.2) is 5.25 Å². The lowest BCUT2D eigenvalue weighted by molar-refractivity contribution is -0.142. The Morgan fingerprint density at radius 1 is 1.47 bits per heavy atom. The molecule has 1 aliphatic rings. The van der Waals surface area contributed by atoms with Gasteiger partial charge in [0.05, 0.1) is 7.11 Å². The van der Waals surface area contributed by atoms with E-state index in [-0.39, 0.29) is 13.0 Å². The van der Waals surface area contributed by atoms with Crippen molar-refractivity contribution in [3.8, 4) is 0 Å². The first kappa shape index (κ1) is 13.9. The van der Waals surface area contributed by atoms with Gasteiger partial charge >= 0.3 is 11.9 Å². The van der Waals surface area contributed by atoms with Gasteiger partial charge in [-0.05, 0) is 19.8 Å². The second kappa shape index (κ2) is 5.01. The van der Waals surface area contributed by atoms with Crippen molar-refractivity contribution in [3.63, 3.8) is 0 Å². The minimum Gasteiger partial charge on any atom is -0.480 e. The summed E-state index contributed by atoms with van der Waals surface area (Å²) < 4.78 is 29.3. The maximum Gasteiger partial charge on any atom is 0.325 e. The molecule has 2 atom stereocenters. The maximum atomic E-state index is 12.0. The zero-order valence-corrected chi connectivity index (χ0v) is 10.4. The van der Waals surface area contributed by atoms with E-state index in [1.54, 1.807) is 0 Å². The molecule has 8 heteroatoms. The van der Waals surface area contributed by atoms with Gasteiger partial charge in [0.1, 0.15) is 6.04 Å². The number of esters is 1. The van der Waals surface area contributed by atoms with Gasteiger partial charge < -0.3 is 9.84 Å². The summed E-state index contributed by atoms with van der Waals surface area (Å²) in [5, 5.41) is 7.52. The minimum atomic E-state index is -3.97. The van der Waals surface area contributed by atoms with E-state index in [0.29, 0.717) is 6.42 Å². The molecule has 1 N–H and O–H groups in total. The summed E-state index contributed by atoms with van der Waals surface area (Å²) in [4.78, 5) is 22.1. The predicted octanol–water partition coefficient (Wildman–Crippen LogP) is -0.573. The third-order valence-electron chi connectivity index (χ3n) is 2.80. The Kier molecular flexibility index (Phi) is 4.10. The van der Waals surface area contributed by atoms with Crippen molar-refractivity contribution in [2.24, 2.45) is 0 Å². The average Bonchev–Trinajstić information content (AvgIpc) is 2.76. The van der Waals surface area contributed by atoms with Gasteiger partial charge in [-0.25, -0.2) is 8.42 Å². The molecule has 0 aromatic rings.